The van der Waals surface area contributed by atoms with Gasteiger partial charge in [-0.1, -0.05) is 24.3 Å². The summed E-state index contributed by atoms with van der Waals surface area (Å²) in [5.74, 6) is 0.856. The third kappa shape index (κ3) is 5.17. The summed E-state index contributed by atoms with van der Waals surface area (Å²) >= 11 is 0. The first-order chi connectivity index (χ1) is 16.7. The molecule has 0 saturated carbocycles. The number of hydrogen-bond donors (Lipinski definition) is 1. The Hall–Kier alpha value is -3.39. The van der Waals surface area contributed by atoms with Gasteiger partial charge in [0, 0.05) is 12.1 Å². The molecule has 2 heterocycles. The summed E-state index contributed by atoms with van der Waals surface area (Å²) in [6, 6.07) is 13.9. The molecule has 35 heavy (non-hydrogen) atoms. The van der Waals surface area contributed by atoms with Gasteiger partial charge in [0.05, 0.1) is 17.2 Å². The molecule has 0 aliphatic carbocycles. The van der Waals surface area contributed by atoms with Crippen LogP contribution >= 0.6 is 0 Å². The molecule has 1 aliphatic rings. The molecule has 8 nitrogen and oxygen atoms in total. The number of likely N-dealkylation sites (tertiary alicyclic amines) is 1. The Morgan fingerprint density at radius 1 is 1.11 bits per heavy atom. The van der Waals surface area contributed by atoms with Crippen molar-refractivity contribution in [3.63, 3.8) is 0 Å². The summed E-state index contributed by atoms with van der Waals surface area (Å²) in [6.45, 7) is 10.7. The highest BCUT2D eigenvalue weighted by Gasteiger charge is 2.34. The van der Waals surface area contributed by atoms with Crippen LogP contribution in [0.1, 0.15) is 52.4 Å². The molecule has 0 bridgehead atoms. The number of ether oxygens (including phenoxy) is 1. The van der Waals surface area contributed by atoms with Crippen LogP contribution in [0.3, 0.4) is 0 Å². The number of aromatic nitrogens is 2. The van der Waals surface area contributed by atoms with Crippen molar-refractivity contribution in [2.45, 2.75) is 52.1 Å². The SMILES string of the molecule is CC(c1nc2cccc(OCCN3CCCC3)c2c(=O)n1-c1ccccc1)N(C(=O)O)C(C)(C)C. The highest BCUT2D eigenvalue weighted by molar-refractivity contribution is 5.84. The number of hydrogen-bond acceptors (Lipinski definition) is 5. The van der Waals surface area contributed by atoms with Crippen molar-refractivity contribution in [3.05, 3.63) is 64.7 Å². The van der Waals surface area contributed by atoms with E-state index in [1.807, 2.05) is 57.2 Å². The van der Waals surface area contributed by atoms with Crippen molar-refractivity contribution in [2.24, 2.45) is 0 Å². The Morgan fingerprint density at radius 3 is 2.43 bits per heavy atom. The van der Waals surface area contributed by atoms with E-state index in [2.05, 4.69) is 4.90 Å². The summed E-state index contributed by atoms with van der Waals surface area (Å²) in [6.07, 6.45) is 1.35. The van der Waals surface area contributed by atoms with Gasteiger partial charge in [-0.25, -0.2) is 9.78 Å². The number of fused-ring (bicyclic) bond motifs is 1. The van der Waals surface area contributed by atoms with Gasteiger partial charge in [-0.2, -0.15) is 0 Å². The van der Waals surface area contributed by atoms with Crippen molar-refractivity contribution in [2.75, 3.05) is 26.2 Å². The molecule has 1 N–H and O–H groups in total. The number of nitrogens with zero attached hydrogens (tertiary/aromatic N) is 4. The molecular weight excluding hydrogens is 444 g/mol. The average Bonchev–Trinajstić information content (AvgIpc) is 3.32. The molecule has 1 aliphatic heterocycles. The topological polar surface area (TPSA) is 87.9 Å². The van der Waals surface area contributed by atoms with Gasteiger partial charge in [0.25, 0.3) is 5.56 Å². The van der Waals surface area contributed by atoms with E-state index in [1.165, 1.54) is 22.3 Å². The molecule has 1 unspecified atom stereocenters. The summed E-state index contributed by atoms with van der Waals surface area (Å²) in [4.78, 5) is 34.8. The zero-order valence-electron chi connectivity index (χ0n) is 20.9. The van der Waals surface area contributed by atoms with Crippen molar-refractivity contribution in [1.82, 2.24) is 19.4 Å². The lowest BCUT2D eigenvalue weighted by atomic mass is 10.0. The van der Waals surface area contributed by atoms with E-state index in [-0.39, 0.29) is 5.56 Å². The molecule has 4 rings (SSSR count). The zero-order valence-corrected chi connectivity index (χ0v) is 20.9. The second-order valence-electron chi connectivity index (χ2n) is 9.99. The van der Waals surface area contributed by atoms with Crippen molar-refractivity contribution in [1.29, 1.82) is 0 Å². The lowest BCUT2D eigenvalue weighted by Gasteiger charge is -2.38. The minimum atomic E-state index is -1.07. The number of rotatable bonds is 7. The Kier molecular flexibility index (Phi) is 7.12. The number of carbonyl (C=O) groups is 1. The fraction of sp³-hybridized carbons (Fsp3) is 0.444. The van der Waals surface area contributed by atoms with Gasteiger partial charge in [0.2, 0.25) is 0 Å². The van der Waals surface area contributed by atoms with E-state index in [0.29, 0.717) is 34.8 Å². The number of para-hydroxylation sites is 1. The van der Waals surface area contributed by atoms with E-state index >= 15 is 0 Å². The highest BCUT2D eigenvalue weighted by atomic mass is 16.5. The van der Waals surface area contributed by atoms with Crippen LogP contribution in [-0.2, 0) is 0 Å². The van der Waals surface area contributed by atoms with Crippen LogP contribution in [0.25, 0.3) is 16.6 Å². The maximum atomic E-state index is 14.0. The molecule has 2 aromatic carbocycles. The van der Waals surface area contributed by atoms with Gasteiger partial charge in [-0.15, -0.1) is 0 Å². The molecule has 1 aromatic heterocycles. The first kappa shape index (κ1) is 24.7. The predicted octanol–water partition coefficient (Wildman–Crippen LogP) is 4.70. The van der Waals surface area contributed by atoms with E-state index in [4.69, 9.17) is 9.72 Å². The third-order valence-corrected chi connectivity index (χ3v) is 6.45. The van der Waals surface area contributed by atoms with Gasteiger partial charge in [0.15, 0.2) is 0 Å². The van der Waals surface area contributed by atoms with E-state index in [1.54, 1.807) is 19.1 Å². The Balaban J connectivity index is 1.84. The normalized spacial score (nSPS) is 15.3. The van der Waals surface area contributed by atoms with Gasteiger partial charge in [-0.05, 0) is 77.9 Å². The van der Waals surface area contributed by atoms with Crippen molar-refractivity contribution < 1.29 is 14.6 Å². The summed E-state index contributed by atoms with van der Waals surface area (Å²) in [7, 11) is 0. The minimum Gasteiger partial charge on any atom is -0.491 e. The molecular formula is C27H34N4O4. The van der Waals surface area contributed by atoms with E-state index in [0.717, 1.165) is 19.6 Å². The largest absolute Gasteiger partial charge is 0.491 e. The molecule has 1 saturated heterocycles. The van der Waals surface area contributed by atoms with Gasteiger partial charge >= 0.3 is 6.09 Å². The monoisotopic (exact) mass is 478 g/mol. The summed E-state index contributed by atoms with van der Waals surface area (Å²) in [5, 5.41) is 10.4. The van der Waals surface area contributed by atoms with Crippen molar-refractivity contribution in [3.8, 4) is 11.4 Å². The number of amides is 1. The number of benzene rings is 2. The van der Waals surface area contributed by atoms with Crippen LogP contribution in [0.15, 0.2) is 53.3 Å². The molecule has 1 atom stereocenters. The Labute approximate surface area is 205 Å². The zero-order chi connectivity index (χ0) is 25.2. The van der Waals surface area contributed by atoms with Gasteiger partial charge < -0.3 is 9.84 Å². The quantitative estimate of drug-likeness (QED) is 0.530. The standard InChI is InChI=1S/C27H34N4O4/c1-19(31(26(33)34)27(2,3)4)24-28-21-13-10-14-22(35-18-17-29-15-8-9-16-29)23(21)25(32)30(24)20-11-6-5-7-12-20/h5-7,10-14,19H,8-9,15-18H2,1-4H3,(H,33,34). The Morgan fingerprint density at radius 2 is 1.80 bits per heavy atom. The van der Waals surface area contributed by atoms with E-state index < -0.39 is 17.7 Å². The maximum absolute atomic E-state index is 14.0. The van der Waals surface area contributed by atoms with Crippen LogP contribution in [0.5, 0.6) is 5.75 Å². The minimum absolute atomic E-state index is 0.279. The van der Waals surface area contributed by atoms with Crippen molar-refractivity contribution >= 4 is 17.0 Å². The molecule has 186 valence electrons. The lowest BCUT2D eigenvalue weighted by Crippen LogP contribution is -2.47. The van der Waals surface area contributed by atoms with E-state index in [9.17, 15) is 14.7 Å². The highest BCUT2D eigenvalue weighted by Crippen LogP contribution is 2.30. The Bertz CT molecular complexity index is 1240. The van der Waals surface area contributed by atoms with Crippen LogP contribution < -0.4 is 10.3 Å². The predicted molar refractivity (Wildman–Crippen MR) is 137 cm³/mol. The molecule has 1 amide bonds. The average molecular weight is 479 g/mol. The maximum Gasteiger partial charge on any atom is 0.408 e. The first-order valence-corrected chi connectivity index (χ1v) is 12.2. The first-order valence-electron chi connectivity index (χ1n) is 12.2. The lowest BCUT2D eigenvalue weighted by molar-refractivity contribution is 0.0719. The van der Waals surface area contributed by atoms with Gasteiger partial charge in [-0.3, -0.25) is 19.2 Å². The van der Waals surface area contributed by atoms with Crippen LogP contribution in [0.2, 0.25) is 0 Å². The van der Waals surface area contributed by atoms with Crippen LogP contribution in [-0.4, -0.2) is 62.3 Å². The second kappa shape index (κ2) is 10.1. The fourth-order valence-corrected chi connectivity index (χ4v) is 4.88. The fourth-order valence-electron chi connectivity index (χ4n) is 4.88. The summed E-state index contributed by atoms with van der Waals surface area (Å²) in [5.41, 5.74) is 0.140. The molecule has 3 aromatic rings. The molecule has 8 heteroatoms. The van der Waals surface area contributed by atoms with Gasteiger partial charge in [0.1, 0.15) is 23.6 Å². The molecule has 0 radical (unpaired) electrons. The molecule has 1 fully saturated rings. The van der Waals surface area contributed by atoms with Crippen LogP contribution in [0, 0.1) is 0 Å². The summed E-state index contributed by atoms with van der Waals surface area (Å²) < 4.78 is 7.61. The third-order valence-electron chi connectivity index (χ3n) is 6.45. The van der Waals surface area contributed by atoms with Crippen LogP contribution in [0.4, 0.5) is 4.79 Å². The number of carboxylic acid groups (broad SMARTS) is 1. The smallest absolute Gasteiger partial charge is 0.408 e. The second-order valence-corrected chi connectivity index (χ2v) is 9.99. The molecule has 0 spiro atoms.